The summed E-state index contributed by atoms with van der Waals surface area (Å²) in [6.07, 6.45) is 4.67. The first kappa shape index (κ1) is 13.6. The van der Waals surface area contributed by atoms with Gasteiger partial charge in [-0.1, -0.05) is 0 Å². The van der Waals surface area contributed by atoms with Gasteiger partial charge in [0.15, 0.2) is 0 Å². The molecule has 0 saturated carbocycles. The second-order valence-corrected chi connectivity index (χ2v) is 6.08. The minimum absolute atomic E-state index is 0.0311. The van der Waals surface area contributed by atoms with E-state index in [0.29, 0.717) is 11.0 Å². The monoisotopic (exact) mass is 276 g/mol. The molecule has 0 radical (unpaired) electrons. The molecule has 1 aromatic carbocycles. The Morgan fingerprint density at radius 3 is 2.45 bits per heavy atom. The number of carbonyl (C=O) groups is 1. The molecule has 2 saturated heterocycles. The average Bonchev–Trinajstić information content (AvgIpc) is 2.49. The van der Waals surface area contributed by atoms with E-state index in [1.807, 2.05) is 4.90 Å². The van der Waals surface area contributed by atoms with Gasteiger partial charge in [0.2, 0.25) is 0 Å². The predicted octanol–water partition coefficient (Wildman–Crippen LogP) is 2.43. The van der Waals surface area contributed by atoms with E-state index in [1.165, 1.54) is 25.0 Å². The van der Waals surface area contributed by atoms with Crippen molar-refractivity contribution in [2.45, 2.75) is 25.7 Å². The van der Waals surface area contributed by atoms with Gasteiger partial charge in [0.1, 0.15) is 5.82 Å². The number of hydrogen-bond acceptors (Lipinski definition) is 2. The van der Waals surface area contributed by atoms with Gasteiger partial charge in [-0.05, 0) is 61.9 Å². The number of benzene rings is 1. The lowest BCUT2D eigenvalue weighted by molar-refractivity contribution is 0.0513. The maximum absolute atomic E-state index is 12.9. The lowest BCUT2D eigenvalue weighted by Crippen LogP contribution is -2.49. The second-order valence-electron chi connectivity index (χ2n) is 6.08. The van der Waals surface area contributed by atoms with Crippen molar-refractivity contribution in [1.29, 1.82) is 0 Å². The number of amides is 1. The molecule has 0 aliphatic carbocycles. The highest BCUT2D eigenvalue weighted by molar-refractivity contribution is 5.94. The van der Waals surface area contributed by atoms with E-state index in [-0.39, 0.29) is 11.7 Å². The lowest BCUT2D eigenvalue weighted by Gasteiger charge is -2.44. The van der Waals surface area contributed by atoms with Gasteiger partial charge >= 0.3 is 0 Å². The summed E-state index contributed by atoms with van der Waals surface area (Å²) in [5.41, 5.74) is 0.988. The molecule has 0 bridgehead atoms. The van der Waals surface area contributed by atoms with Gasteiger partial charge in [-0.25, -0.2) is 4.39 Å². The fourth-order valence-electron chi connectivity index (χ4n) is 3.42. The first-order valence-corrected chi connectivity index (χ1v) is 7.44. The van der Waals surface area contributed by atoms with Gasteiger partial charge in [0.05, 0.1) is 0 Å². The fraction of sp³-hybridized carbons (Fsp3) is 0.562. The Morgan fingerprint density at radius 2 is 1.85 bits per heavy atom. The van der Waals surface area contributed by atoms with Crippen LogP contribution < -0.4 is 5.32 Å². The van der Waals surface area contributed by atoms with Crippen molar-refractivity contribution in [3.8, 4) is 0 Å². The highest BCUT2D eigenvalue weighted by Crippen LogP contribution is 2.37. The summed E-state index contributed by atoms with van der Waals surface area (Å²) in [6, 6.07) is 5.85. The molecule has 2 aliphatic heterocycles. The summed E-state index contributed by atoms with van der Waals surface area (Å²) >= 11 is 0. The third-order valence-corrected chi connectivity index (χ3v) is 4.76. The first-order valence-electron chi connectivity index (χ1n) is 7.44. The molecule has 1 aromatic rings. The molecule has 3 rings (SSSR count). The van der Waals surface area contributed by atoms with Gasteiger partial charge in [0, 0.05) is 25.2 Å². The van der Waals surface area contributed by atoms with Crippen LogP contribution in [0.25, 0.3) is 0 Å². The van der Waals surface area contributed by atoms with E-state index in [0.717, 1.165) is 39.0 Å². The summed E-state index contributed by atoms with van der Waals surface area (Å²) in [5.74, 6) is -0.268. The molecule has 2 aliphatic rings. The number of hydrogen-bond donors (Lipinski definition) is 1. The van der Waals surface area contributed by atoms with Crippen LogP contribution in [0, 0.1) is 11.2 Å². The largest absolute Gasteiger partial charge is 0.339 e. The molecule has 0 aromatic heterocycles. The molecule has 3 nitrogen and oxygen atoms in total. The zero-order chi connectivity index (χ0) is 14.0. The van der Waals surface area contributed by atoms with Crippen LogP contribution in [0.4, 0.5) is 4.39 Å². The van der Waals surface area contributed by atoms with Gasteiger partial charge in [0.25, 0.3) is 5.91 Å². The van der Waals surface area contributed by atoms with E-state index in [1.54, 1.807) is 12.1 Å². The van der Waals surface area contributed by atoms with Crippen LogP contribution in [0.2, 0.25) is 0 Å². The molecule has 20 heavy (non-hydrogen) atoms. The zero-order valence-corrected chi connectivity index (χ0v) is 11.7. The number of piperidine rings is 2. The highest BCUT2D eigenvalue weighted by atomic mass is 19.1. The standard InChI is InChI=1S/C16H21FN2O/c17-14-4-2-13(3-5-14)15(20)19-10-7-16(8-11-19)6-1-9-18-12-16/h2-5,18H,1,6-12H2. The average molecular weight is 276 g/mol. The third kappa shape index (κ3) is 2.70. The third-order valence-electron chi connectivity index (χ3n) is 4.76. The van der Waals surface area contributed by atoms with Crippen molar-refractivity contribution in [3.05, 3.63) is 35.6 Å². The van der Waals surface area contributed by atoms with E-state index in [4.69, 9.17) is 0 Å². The topological polar surface area (TPSA) is 32.3 Å². The van der Waals surface area contributed by atoms with Crippen molar-refractivity contribution in [3.63, 3.8) is 0 Å². The van der Waals surface area contributed by atoms with Crippen LogP contribution >= 0.6 is 0 Å². The predicted molar refractivity (Wildman–Crippen MR) is 76.1 cm³/mol. The molecule has 0 atom stereocenters. The molecule has 2 fully saturated rings. The normalized spacial score (nSPS) is 21.9. The highest BCUT2D eigenvalue weighted by Gasteiger charge is 2.36. The number of rotatable bonds is 1. The Kier molecular flexibility index (Phi) is 3.74. The first-order chi connectivity index (χ1) is 9.69. The zero-order valence-electron chi connectivity index (χ0n) is 11.7. The number of halogens is 1. The Hall–Kier alpha value is -1.42. The SMILES string of the molecule is O=C(c1ccc(F)cc1)N1CCC2(CCCNC2)CC1. The van der Waals surface area contributed by atoms with Crippen molar-refractivity contribution >= 4 is 5.91 Å². The summed E-state index contributed by atoms with van der Waals surface area (Å²) in [7, 11) is 0. The Morgan fingerprint density at radius 1 is 1.15 bits per heavy atom. The maximum Gasteiger partial charge on any atom is 0.253 e. The fourth-order valence-corrected chi connectivity index (χ4v) is 3.42. The molecule has 0 unspecified atom stereocenters. The Balaban J connectivity index is 1.62. The van der Waals surface area contributed by atoms with E-state index in [2.05, 4.69) is 5.32 Å². The summed E-state index contributed by atoms with van der Waals surface area (Å²) in [5, 5.41) is 3.48. The van der Waals surface area contributed by atoms with Crippen LogP contribution in [0.1, 0.15) is 36.0 Å². The lowest BCUT2D eigenvalue weighted by atomic mass is 9.73. The number of nitrogens with zero attached hydrogens (tertiary/aromatic N) is 1. The van der Waals surface area contributed by atoms with Crippen molar-refractivity contribution in [2.24, 2.45) is 5.41 Å². The number of nitrogens with one attached hydrogen (secondary N) is 1. The molecule has 1 N–H and O–H groups in total. The van der Waals surface area contributed by atoms with E-state index < -0.39 is 0 Å². The van der Waals surface area contributed by atoms with Gasteiger partial charge < -0.3 is 10.2 Å². The van der Waals surface area contributed by atoms with Crippen LogP contribution in [-0.2, 0) is 0 Å². The Labute approximate surface area is 119 Å². The van der Waals surface area contributed by atoms with Gasteiger partial charge in [-0.15, -0.1) is 0 Å². The minimum atomic E-state index is -0.299. The van der Waals surface area contributed by atoms with E-state index in [9.17, 15) is 9.18 Å². The molecule has 2 heterocycles. The van der Waals surface area contributed by atoms with Crippen LogP contribution in [0.3, 0.4) is 0 Å². The van der Waals surface area contributed by atoms with Crippen molar-refractivity contribution in [1.82, 2.24) is 10.2 Å². The Bertz CT molecular complexity index is 470. The number of likely N-dealkylation sites (tertiary alicyclic amines) is 1. The van der Waals surface area contributed by atoms with Crippen LogP contribution in [-0.4, -0.2) is 37.0 Å². The summed E-state index contributed by atoms with van der Waals surface area (Å²) < 4.78 is 12.9. The van der Waals surface area contributed by atoms with E-state index >= 15 is 0 Å². The van der Waals surface area contributed by atoms with Crippen LogP contribution in [0.15, 0.2) is 24.3 Å². The minimum Gasteiger partial charge on any atom is -0.339 e. The molecule has 1 spiro atoms. The molecular weight excluding hydrogens is 255 g/mol. The quantitative estimate of drug-likeness (QED) is 0.854. The number of carbonyl (C=O) groups excluding carboxylic acids is 1. The maximum atomic E-state index is 12.9. The van der Waals surface area contributed by atoms with Crippen LogP contribution in [0.5, 0.6) is 0 Å². The van der Waals surface area contributed by atoms with Gasteiger partial charge in [-0.2, -0.15) is 0 Å². The molecule has 1 amide bonds. The smallest absolute Gasteiger partial charge is 0.253 e. The van der Waals surface area contributed by atoms with Crippen molar-refractivity contribution < 1.29 is 9.18 Å². The second kappa shape index (κ2) is 5.52. The molecular formula is C16H21FN2O. The summed E-state index contributed by atoms with van der Waals surface area (Å²) in [6.45, 7) is 3.85. The molecule has 108 valence electrons. The van der Waals surface area contributed by atoms with Gasteiger partial charge in [-0.3, -0.25) is 4.79 Å². The van der Waals surface area contributed by atoms with Crippen molar-refractivity contribution in [2.75, 3.05) is 26.2 Å². The molecule has 4 heteroatoms. The summed E-state index contributed by atoms with van der Waals surface area (Å²) in [4.78, 5) is 14.3.